The van der Waals surface area contributed by atoms with E-state index in [0.717, 1.165) is 11.6 Å². The van der Waals surface area contributed by atoms with E-state index < -0.39 is 10.7 Å². The molecule has 9 heteroatoms. The molecule has 0 saturated carbocycles. The molecule has 0 aliphatic rings. The van der Waals surface area contributed by atoms with Crippen LogP contribution in [0.3, 0.4) is 0 Å². The minimum absolute atomic E-state index is 0.0250. The van der Waals surface area contributed by atoms with Crippen molar-refractivity contribution in [2.75, 3.05) is 17.7 Å². The number of nitro benzene ring substituents is 1. The molecule has 3 N–H and O–H groups in total. The largest absolute Gasteiger partial charge is 0.494 e. The van der Waals surface area contributed by atoms with Gasteiger partial charge in [0.2, 0.25) is 0 Å². The van der Waals surface area contributed by atoms with E-state index in [0.29, 0.717) is 5.69 Å². The number of ether oxygens (including phenoxy) is 1. The average molecular weight is 376 g/mol. The van der Waals surface area contributed by atoms with E-state index >= 15 is 0 Å². The number of nitrogens with zero attached hydrogens (tertiary/aromatic N) is 1. The number of amides is 2. The highest BCUT2D eigenvalue weighted by atomic mass is 19.1. The van der Waals surface area contributed by atoms with Gasteiger partial charge in [0.15, 0.2) is 11.6 Å². The Labute approximate surface area is 155 Å². The molecule has 27 heavy (non-hydrogen) atoms. The molecule has 2 amide bonds. The van der Waals surface area contributed by atoms with E-state index in [1.807, 2.05) is 13.8 Å². The lowest BCUT2D eigenvalue weighted by molar-refractivity contribution is -0.384. The molecule has 8 nitrogen and oxygen atoms in total. The summed E-state index contributed by atoms with van der Waals surface area (Å²) >= 11 is 0. The molecule has 0 unspecified atom stereocenters. The van der Waals surface area contributed by atoms with Crippen LogP contribution in [0.1, 0.15) is 19.4 Å². The van der Waals surface area contributed by atoms with Crippen LogP contribution in [0, 0.1) is 15.9 Å². The Morgan fingerprint density at radius 3 is 2.48 bits per heavy atom. The van der Waals surface area contributed by atoms with E-state index in [1.165, 1.54) is 13.2 Å². The van der Waals surface area contributed by atoms with Crippen molar-refractivity contribution in [3.63, 3.8) is 0 Å². The van der Waals surface area contributed by atoms with Crippen LogP contribution in [0.4, 0.5) is 26.2 Å². The third-order valence-electron chi connectivity index (χ3n) is 3.58. The summed E-state index contributed by atoms with van der Waals surface area (Å²) in [5.74, 6) is -0.885. The third-order valence-corrected chi connectivity index (χ3v) is 3.58. The highest BCUT2D eigenvalue weighted by Crippen LogP contribution is 2.32. The SMILES string of the molecule is COc1cc(NCc2ccc(NC(=O)NC(C)C)cc2)c([N+](=O)[O-])cc1F. The van der Waals surface area contributed by atoms with Crippen molar-refractivity contribution in [3.8, 4) is 5.75 Å². The zero-order valence-electron chi connectivity index (χ0n) is 15.2. The van der Waals surface area contributed by atoms with Crippen LogP contribution < -0.4 is 20.7 Å². The average Bonchev–Trinajstić information content (AvgIpc) is 2.60. The Kier molecular flexibility index (Phi) is 6.53. The van der Waals surface area contributed by atoms with Crippen LogP contribution in [0.2, 0.25) is 0 Å². The van der Waals surface area contributed by atoms with Crippen LogP contribution in [-0.2, 0) is 6.54 Å². The summed E-state index contributed by atoms with van der Waals surface area (Å²) < 4.78 is 18.6. The van der Waals surface area contributed by atoms with E-state index in [1.54, 1.807) is 24.3 Å². The number of carbonyl (C=O) groups excluding carboxylic acids is 1. The molecule has 2 aromatic carbocycles. The predicted molar refractivity (Wildman–Crippen MR) is 101 cm³/mol. The molecule has 0 saturated heterocycles. The van der Waals surface area contributed by atoms with Crippen molar-refractivity contribution in [3.05, 3.63) is 57.9 Å². The van der Waals surface area contributed by atoms with Crippen LogP contribution in [0.5, 0.6) is 5.75 Å². The van der Waals surface area contributed by atoms with Crippen molar-refractivity contribution >= 4 is 23.1 Å². The first-order chi connectivity index (χ1) is 12.8. The Balaban J connectivity index is 2.06. The van der Waals surface area contributed by atoms with Crippen LogP contribution >= 0.6 is 0 Å². The molecule has 144 valence electrons. The van der Waals surface area contributed by atoms with Gasteiger partial charge in [-0.05, 0) is 31.5 Å². The second-order valence-electron chi connectivity index (χ2n) is 6.06. The molecule has 0 spiro atoms. The van der Waals surface area contributed by atoms with Gasteiger partial charge in [-0.25, -0.2) is 9.18 Å². The molecule has 0 heterocycles. The maximum atomic E-state index is 13.7. The van der Waals surface area contributed by atoms with Gasteiger partial charge in [-0.15, -0.1) is 0 Å². The van der Waals surface area contributed by atoms with Gasteiger partial charge in [-0.2, -0.15) is 0 Å². The Morgan fingerprint density at radius 2 is 1.93 bits per heavy atom. The minimum Gasteiger partial charge on any atom is -0.494 e. The Morgan fingerprint density at radius 1 is 1.26 bits per heavy atom. The minimum atomic E-state index is -0.801. The van der Waals surface area contributed by atoms with E-state index in [9.17, 15) is 19.3 Å². The highest BCUT2D eigenvalue weighted by Gasteiger charge is 2.18. The number of hydrogen-bond donors (Lipinski definition) is 3. The van der Waals surface area contributed by atoms with Crippen molar-refractivity contribution in [1.82, 2.24) is 5.32 Å². The first kappa shape index (κ1) is 20.0. The number of anilines is 2. The molecule has 2 aromatic rings. The third kappa shape index (κ3) is 5.56. The summed E-state index contributed by atoms with van der Waals surface area (Å²) in [6.45, 7) is 3.99. The summed E-state index contributed by atoms with van der Waals surface area (Å²) in [6.07, 6.45) is 0. The fourth-order valence-corrected chi connectivity index (χ4v) is 2.32. The summed E-state index contributed by atoms with van der Waals surface area (Å²) in [4.78, 5) is 22.1. The first-order valence-corrected chi connectivity index (χ1v) is 8.22. The topological polar surface area (TPSA) is 106 Å². The number of nitrogens with one attached hydrogen (secondary N) is 3. The lowest BCUT2D eigenvalue weighted by atomic mass is 10.2. The normalized spacial score (nSPS) is 10.4. The molecule has 0 bridgehead atoms. The van der Waals surface area contributed by atoms with Crippen molar-refractivity contribution in [1.29, 1.82) is 0 Å². The molecule has 0 aliphatic heterocycles. The quantitative estimate of drug-likeness (QED) is 0.502. The number of halogens is 1. The molecule has 0 aliphatic carbocycles. The number of urea groups is 1. The van der Waals surface area contributed by atoms with Gasteiger partial charge in [0.05, 0.1) is 18.1 Å². The van der Waals surface area contributed by atoms with Crippen LogP contribution in [0.15, 0.2) is 36.4 Å². The zero-order chi connectivity index (χ0) is 20.0. The standard InChI is InChI=1S/C18H21FN4O4/c1-11(2)21-18(24)22-13-6-4-12(5-7-13)10-20-15-9-17(27-3)14(19)8-16(15)23(25)26/h4-9,11,20H,10H2,1-3H3,(H2,21,22,24). The predicted octanol–water partition coefficient (Wildman–Crippen LogP) is 3.88. The van der Waals surface area contributed by atoms with E-state index in [4.69, 9.17) is 4.74 Å². The number of nitro groups is 1. The maximum Gasteiger partial charge on any atom is 0.319 e. The second-order valence-corrected chi connectivity index (χ2v) is 6.06. The monoisotopic (exact) mass is 376 g/mol. The summed E-state index contributed by atoms with van der Waals surface area (Å²) in [5, 5.41) is 19.4. The summed E-state index contributed by atoms with van der Waals surface area (Å²) in [7, 11) is 1.29. The molecule has 0 fully saturated rings. The molecule has 0 aromatic heterocycles. The van der Waals surface area contributed by atoms with Crippen LogP contribution in [0.25, 0.3) is 0 Å². The maximum absolute atomic E-state index is 13.7. The van der Waals surface area contributed by atoms with Crippen molar-refractivity contribution in [2.24, 2.45) is 0 Å². The van der Waals surface area contributed by atoms with Gasteiger partial charge in [0.1, 0.15) is 5.69 Å². The van der Waals surface area contributed by atoms with Crippen molar-refractivity contribution < 1.29 is 18.8 Å². The number of methoxy groups -OCH3 is 1. The Bertz CT molecular complexity index is 825. The fraction of sp³-hybridized carbons (Fsp3) is 0.278. The number of rotatable bonds is 7. The zero-order valence-corrected chi connectivity index (χ0v) is 15.2. The second kappa shape index (κ2) is 8.84. The van der Waals surface area contributed by atoms with Gasteiger partial charge in [-0.1, -0.05) is 12.1 Å². The van der Waals surface area contributed by atoms with Crippen LogP contribution in [-0.4, -0.2) is 24.1 Å². The van der Waals surface area contributed by atoms with E-state index in [-0.39, 0.29) is 35.7 Å². The fourth-order valence-electron chi connectivity index (χ4n) is 2.32. The molecule has 0 atom stereocenters. The summed E-state index contributed by atoms with van der Waals surface area (Å²) in [5.41, 5.74) is 1.21. The molecular weight excluding hydrogens is 355 g/mol. The van der Waals surface area contributed by atoms with Gasteiger partial charge in [0, 0.05) is 24.3 Å². The first-order valence-electron chi connectivity index (χ1n) is 8.22. The molecular formula is C18H21FN4O4. The highest BCUT2D eigenvalue weighted by molar-refractivity contribution is 5.89. The van der Waals surface area contributed by atoms with Gasteiger partial charge < -0.3 is 20.7 Å². The summed E-state index contributed by atoms with van der Waals surface area (Å²) in [6, 6.07) is 8.77. The number of carbonyl (C=O) groups is 1. The molecule has 0 radical (unpaired) electrons. The lowest BCUT2D eigenvalue weighted by Gasteiger charge is -2.12. The van der Waals surface area contributed by atoms with E-state index in [2.05, 4.69) is 16.0 Å². The number of benzene rings is 2. The smallest absolute Gasteiger partial charge is 0.319 e. The van der Waals surface area contributed by atoms with Gasteiger partial charge in [0.25, 0.3) is 5.69 Å². The van der Waals surface area contributed by atoms with Gasteiger partial charge >= 0.3 is 6.03 Å². The Hall–Kier alpha value is -3.36. The number of hydrogen-bond acceptors (Lipinski definition) is 5. The van der Waals surface area contributed by atoms with Crippen molar-refractivity contribution in [2.45, 2.75) is 26.4 Å². The van der Waals surface area contributed by atoms with Gasteiger partial charge in [-0.3, -0.25) is 10.1 Å². The molecule has 2 rings (SSSR count). The lowest BCUT2D eigenvalue weighted by Crippen LogP contribution is -2.34.